The molecule has 0 atom stereocenters. The standard InChI is InChI=1S/C10H19N3S/c1-3-4-11-5-6-13(2)8-10-7-12-9-14-10/h7,9,11H,3-6,8H2,1-2H3. The molecular formula is C10H19N3S. The van der Waals surface area contributed by atoms with Crippen LogP contribution in [0, 0.1) is 0 Å². The van der Waals surface area contributed by atoms with E-state index in [0.29, 0.717) is 0 Å². The van der Waals surface area contributed by atoms with Crippen LogP contribution >= 0.6 is 11.3 Å². The molecule has 1 aromatic heterocycles. The van der Waals surface area contributed by atoms with E-state index in [4.69, 9.17) is 0 Å². The Kier molecular flexibility index (Phi) is 5.75. The molecule has 0 amide bonds. The van der Waals surface area contributed by atoms with Crippen LogP contribution in [-0.2, 0) is 6.54 Å². The smallest absolute Gasteiger partial charge is 0.0794 e. The summed E-state index contributed by atoms with van der Waals surface area (Å²) in [4.78, 5) is 7.71. The van der Waals surface area contributed by atoms with E-state index in [-0.39, 0.29) is 0 Å². The summed E-state index contributed by atoms with van der Waals surface area (Å²) in [6.07, 6.45) is 3.15. The van der Waals surface area contributed by atoms with Gasteiger partial charge >= 0.3 is 0 Å². The highest BCUT2D eigenvalue weighted by molar-refractivity contribution is 7.09. The molecule has 0 aromatic carbocycles. The number of rotatable bonds is 7. The normalized spacial score (nSPS) is 11.1. The van der Waals surface area contributed by atoms with Crippen LogP contribution in [0.15, 0.2) is 11.7 Å². The van der Waals surface area contributed by atoms with E-state index in [1.807, 2.05) is 11.7 Å². The van der Waals surface area contributed by atoms with Crippen molar-refractivity contribution >= 4 is 11.3 Å². The van der Waals surface area contributed by atoms with Crippen molar-refractivity contribution in [1.29, 1.82) is 0 Å². The Bertz CT molecular complexity index is 223. The summed E-state index contributed by atoms with van der Waals surface area (Å²) in [6.45, 7) is 6.49. The Morgan fingerprint density at radius 1 is 1.50 bits per heavy atom. The zero-order valence-electron chi connectivity index (χ0n) is 8.99. The zero-order valence-corrected chi connectivity index (χ0v) is 9.81. The van der Waals surface area contributed by atoms with Gasteiger partial charge in [-0.3, -0.25) is 9.88 Å². The molecule has 0 unspecified atom stereocenters. The quantitative estimate of drug-likeness (QED) is 0.697. The second kappa shape index (κ2) is 6.92. The minimum absolute atomic E-state index is 1.01. The average molecular weight is 213 g/mol. The predicted octanol–water partition coefficient (Wildman–Crippen LogP) is 1.57. The van der Waals surface area contributed by atoms with Crippen molar-refractivity contribution in [1.82, 2.24) is 15.2 Å². The average Bonchev–Trinajstić information content (AvgIpc) is 2.65. The second-order valence-corrected chi connectivity index (χ2v) is 4.43. The molecule has 1 rings (SSSR count). The van der Waals surface area contributed by atoms with E-state index >= 15 is 0 Å². The van der Waals surface area contributed by atoms with Crippen LogP contribution < -0.4 is 5.32 Å². The third-order valence-corrected chi connectivity index (χ3v) is 2.77. The Labute approximate surface area is 90.2 Å². The van der Waals surface area contributed by atoms with Crippen LogP contribution in [0.25, 0.3) is 0 Å². The van der Waals surface area contributed by atoms with Gasteiger partial charge in [0.05, 0.1) is 5.51 Å². The lowest BCUT2D eigenvalue weighted by Crippen LogP contribution is -2.29. The summed E-state index contributed by atoms with van der Waals surface area (Å²) < 4.78 is 0. The van der Waals surface area contributed by atoms with E-state index in [2.05, 4.69) is 29.2 Å². The van der Waals surface area contributed by atoms with Gasteiger partial charge in [0.25, 0.3) is 0 Å². The Morgan fingerprint density at radius 3 is 3.00 bits per heavy atom. The molecule has 1 N–H and O–H groups in total. The number of aromatic nitrogens is 1. The molecule has 0 fully saturated rings. The minimum Gasteiger partial charge on any atom is -0.315 e. The molecule has 0 aliphatic heterocycles. The highest BCUT2D eigenvalue weighted by atomic mass is 32.1. The van der Waals surface area contributed by atoms with Crippen molar-refractivity contribution in [2.45, 2.75) is 19.9 Å². The number of nitrogens with zero attached hydrogens (tertiary/aromatic N) is 2. The number of likely N-dealkylation sites (N-methyl/N-ethyl adjacent to an activating group) is 1. The van der Waals surface area contributed by atoms with E-state index in [1.54, 1.807) is 11.3 Å². The molecule has 0 bridgehead atoms. The summed E-state index contributed by atoms with van der Waals surface area (Å²) in [7, 11) is 2.15. The molecule has 4 heteroatoms. The molecule has 80 valence electrons. The molecule has 1 aromatic rings. The lowest BCUT2D eigenvalue weighted by molar-refractivity contribution is 0.327. The van der Waals surface area contributed by atoms with Crippen molar-refractivity contribution in [2.24, 2.45) is 0 Å². The van der Waals surface area contributed by atoms with Gasteiger partial charge in [0.15, 0.2) is 0 Å². The first kappa shape index (κ1) is 11.6. The lowest BCUT2D eigenvalue weighted by atomic mass is 10.4. The summed E-state index contributed by atoms with van der Waals surface area (Å²) in [6, 6.07) is 0. The Morgan fingerprint density at radius 2 is 2.36 bits per heavy atom. The van der Waals surface area contributed by atoms with Crippen LogP contribution in [0.3, 0.4) is 0 Å². The van der Waals surface area contributed by atoms with Crippen molar-refractivity contribution in [3.8, 4) is 0 Å². The molecule has 0 radical (unpaired) electrons. The van der Waals surface area contributed by atoms with Crippen LogP contribution in [0.1, 0.15) is 18.2 Å². The fraction of sp³-hybridized carbons (Fsp3) is 0.700. The molecule has 0 spiro atoms. The van der Waals surface area contributed by atoms with Crippen LogP contribution in [0.2, 0.25) is 0 Å². The van der Waals surface area contributed by atoms with Gasteiger partial charge in [-0.2, -0.15) is 0 Å². The molecule has 14 heavy (non-hydrogen) atoms. The third kappa shape index (κ3) is 4.69. The van der Waals surface area contributed by atoms with Crippen molar-refractivity contribution in [3.05, 3.63) is 16.6 Å². The van der Waals surface area contributed by atoms with Crippen molar-refractivity contribution < 1.29 is 0 Å². The molecule has 3 nitrogen and oxygen atoms in total. The monoisotopic (exact) mass is 213 g/mol. The lowest BCUT2D eigenvalue weighted by Gasteiger charge is -2.15. The highest BCUT2D eigenvalue weighted by Crippen LogP contribution is 2.07. The molecule has 0 aliphatic rings. The van der Waals surface area contributed by atoms with Crippen LogP contribution in [0.4, 0.5) is 0 Å². The number of thiazole rings is 1. The molecule has 1 heterocycles. The number of hydrogen-bond donors (Lipinski definition) is 1. The SMILES string of the molecule is CCCNCCN(C)Cc1cncs1. The first-order valence-corrected chi connectivity index (χ1v) is 5.97. The van der Waals surface area contributed by atoms with Gasteiger partial charge < -0.3 is 5.32 Å². The van der Waals surface area contributed by atoms with Crippen LogP contribution in [0.5, 0.6) is 0 Å². The summed E-state index contributed by atoms with van der Waals surface area (Å²) in [5.74, 6) is 0. The molecule has 0 aliphatic carbocycles. The first-order valence-electron chi connectivity index (χ1n) is 5.09. The molecule has 0 saturated heterocycles. The maximum atomic E-state index is 4.06. The largest absolute Gasteiger partial charge is 0.315 e. The fourth-order valence-corrected chi connectivity index (χ4v) is 1.91. The second-order valence-electron chi connectivity index (χ2n) is 3.46. The van der Waals surface area contributed by atoms with Crippen molar-refractivity contribution in [2.75, 3.05) is 26.7 Å². The maximum Gasteiger partial charge on any atom is 0.0794 e. The summed E-state index contributed by atoms with van der Waals surface area (Å²) in [5, 5.41) is 3.39. The first-order chi connectivity index (χ1) is 6.83. The maximum absolute atomic E-state index is 4.06. The van der Waals surface area contributed by atoms with Gasteiger partial charge in [-0.25, -0.2) is 0 Å². The van der Waals surface area contributed by atoms with Gasteiger partial charge in [0, 0.05) is 30.7 Å². The summed E-state index contributed by atoms with van der Waals surface area (Å²) in [5.41, 5.74) is 1.89. The third-order valence-electron chi connectivity index (χ3n) is 2.01. The van der Waals surface area contributed by atoms with E-state index in [9.17, 15) is 0 Å². The van der Waals surface area contributed by atoms with E-state index in [0.717, 1.165) is 26.2 Å². The van der Waals surface area contributed by atoms with Crippen molar-refractivity contribution in [3.63, 3.8) is 0 Å². The van der Waals surface area contributed by atoms with Crippen LogP contribution in [-0.4, -0.2) is 36.6 Å². The number of nitrogens with one attached hydrogen (secondary N) is 1. The molecule has 0 saturated carbocycles. The van der Waals surface area contributed by atoms with Gasteiger partial charge in [-0.15, -0.1) is 11.3 Å². The van der Waals surface area contributed by atoms with E-state index < -0.39 is 0 Å². The van der Waals surface area contributed by atoms with Gasteiger partial charge in [-0.1, -0.05) is 6.92 Å². The zero-order chi connectivity index (χ0) is 10.2. The fourth-order valence-electron chi connectivity index (χ4n) is 1.24. The Hall–Kier alpha value is -0.450. The molecular weight excluding hydrogens is 194 g/mol. The topological polar surface area (TPSA) is 28.2 Å². The minimum atomic E-state index is 1.01. The Balaban J connectivity index is 2.07. The predicted molar refractivity (Wildman–Crippen MR) is 61.6 cm³/mol. The van der Waals surface area contributed by atoms with E-state index in [1.165, 1.54) is 11.3 Å². The van der Waals surface area contributed by atoms with Gasteiger partial charge in [0.1, 0.15) is 0 Å². The number of hydrogen-bond acceptors (Lipinski definition) is 4. The van der Waals surface area contributed by atoms with Gasteiger partial charge in [0.2, 0.25) is 0 Å². The summed E-state index contributed by atoms with van der Waals surface area (Å²) >= 11 is 1.72. The van der Waals surface area contributed by atoms with Gasteiger partial charge in [-0.05, 0) is 20.0 Å². The highest BCUT2D eigenvalue weighted by Gasteiger charge is 2.00.